The van der Waals surface area contributed by atoms with Crippen molar-refractivity contribution in [2.24, 2.45) is 11.3 Å². The summed E-state index contributed by atoms with van der Waals surface area (Å²) in [5, 5.41) is 13.1. The van der Waals surface area contributed by atoms with E-state index in [1.165, 1.54) is 17.9 Å². The number of nitrogens with one attached hydrogen (secondary N) is 1. The summed E-state index contributed by atoms with van der Waals surface area (Å²) in [6.07, 6.45) is 4.77. The summed E-state index contributed by atoms with van der Waals surface area (Å²) in [5.74, 6) is 3.59. The molecule has 1 amide bonds. The summed E-state index contributed by atoms with van der Waals surface area (Å²) in [6.45, 7) is 0.696. The van der Waals surface area contributed by atoms with Crippen LogP contribution in [0.4, 0.5) is 0 Å². The Morgan fingerprint density at radius 1 is 1.33 bits per heavy atom. The van der Waals surface area contributed by atoms with Crippen LogP contribution in [0.1, 0.15) is 42.5 Å². The number of carbonyl (C=O) groups excluding carboxylic acids is 1. The van der Waals surface area contributed by atoms with Crippen LogP contribution >= 0.6 is 11.8 Å². The fraction of sp³-hybridized carbons (Fsp3) is 0.632. The van der Waals surface area contributed by atoms with Gasteiger partial charge in [-0.25, -0.2) is 0 Å². The summed E-state index contributed by atoms with van der Waals surface area (Å²) >= 11 is 2.02. The van der Waals surface area contributed by atoms with E-state index in [9.17, 15) is 9.90 Å². The van der Waals surface area contributed by atoms with E-state index in [-0.39, 0.29) is 17.4 Å². The van der Waals surface area contributed by atoms with Crippen LogP contribution in [0, 0.1) is 11.3 Å². The molecule has 1 unspecified atom stereocenters. The van der Waals surface area contributed by atoms with E-state index in [1.54, 1.807) is 13.2 Å². The smallest absolute Gasteiger partial charge is 0.255 e. The molecule has 0 bridgehead atoms. The molecular formula is C19H27NO3S. The Bertz CT molecular complexity index is 563. The Hall–Kier alpha value is -1.20. The molecule has 1 atom stereocenters. The Balaban J connectivity index is 1.70. The maximum absolute atomic E-state index is 12.6. The van der Waals surface area contributed by atoms with Crippen molar-refractivity contribution in [1.29, 1.82) is 0 Å². The first-order valence-corrected chi connectivity index (χ1v) is 9.97. The van der Waals surface area contributed by atoms with E-state index >= 15 is 0 Å². The van der Waals surface area contributed by atoms with E-state index in [0.717, 1.165) is 25.7 Å². The first-order valence-electron chi connectivity index (χ1n) is 8.82. The number of amides is 1. The van der Waals surface area contributed by atoms with Crippen LogP contribution in [0.2, 0.25) is 0 Å². The van der Waals surface area contributed by atoms with Crippen molar-refractivity contribution in [2.45, 2.75) is 38.2 Å². The molecule has 0 aromatic heterocycles. The fourth-order valence-corrected chi connectivity index (χ4v) is 5.53. The molecule has 1 aromatic carbocycles. The van der Waals surface area contributed by atoms with Gasteiger partial charge in [-0.05, 0) is 67.1 Å². The normalized spacial score (nSPS) is 30.1. The van der Waals surface area contributed by atoms with Gasteiger partial charge >= 0.3 is 0 Å². The van der Waals surface area contributed by atoms with Crippen molar-refractivity contribution in [1.82, 2.24) is 5.32 Å². The van der Waals surface area contributed by atoms with Crippen LogP contribution in [-0.2, 0) is 0 Å². The highest BCUT2D eigenvalue weighted by atomic mass is 32.2. The monoisotopic (exact) mass is 349 g/mol. The predicted molar refractivity (Wildman–Crippen MR) is 97.7 cm³/mol. The molecule has 1 saturated carbocycles. The quantitative estimate of drug-likeness (QED) is 0.858. The largest absolute Gasteiger partial charge is 0.496 e. The SMILES string of the molecule is COc1ccccc1C(=O)NCC1(C2CCSC2)CCC(O)CC1. The molecule has 24 heavy (non-hydrogen) atoms. The van der Waals surface area contributed by atoms with Crippen molar-refractivity contribution >= 4 is 17.7 Å². The van der Waals surface area contributed by atoms with Crippen molar-refractivity contribution < 1.29 is 14.6 Å². The maximum atomic E-state index is 12.6. The van der Waals surface area contributed by atoms with Crippen LogP contribution in [0.25, 0.3) is 0 Å². The number of carbonyl (C=O) groups is 1. The zero-order valence-electron chi connectivity index (χ0n) is 14.3. The minimum atomic E-state index is -0.169. The molecule has 1 aliphatic heterocycles. The van der Waals surface area contributed by atoms with E-state index in [1.807, 2.05) is 30.0 Å². The van der Waals surface area contributed by atoms with Gasteiger partial charge in [0.1, 0.15) is 5.75 Å². The third kappa shape index (κ3) is 3.72. The zero-order valence-corrected chi connectivity index (χ0v) is 15.1. The molecule has 0 radical (unpaired) electrons. The first-order chi connectivity index (χ1) is 11.6. The van der Waals surface area contributed by atoms with Crippen LogP contribution in [0.3, 0.4) is 0 Å². The molecule has 1 saturated heterocycles. The number of methoxy groups -OCH3 is 1. The second kappa shape index (κ2) is 7.79. The highest BCUT2D eigenvalue weighted by Gasteiger charge is 2.43. The number of rotatable bonds is 5. The van der Waals surface area contributed by atoms with E-state index < -0.39 is 0 Å². The summed E-state index contributed by atoms with van der Waals surface area (Å²) in [5.41, 5.74) is 0.729. The minimum absolute atomic E-state index is 0.0661. The van der Waals surface area contributed by atoms with Gasteiger partial charge in [0.15, 0.2) is 0 Å². The van der Waals surface area contributed by atoms with Gasteiger partial charge in [-0.3, -0.25) is 4.79 Å². The lowest BCUT2D eigenvalue weighted by Crippen LogP contribution is -2.45. The topological polar surface area (TPSA) is 58.6 Å². The van der Waals surface area contributed by atoms with Gasteiger partial charge in [-0.2, -0.15) is 11.8 Å². The molecule has 3 rings (SSSR count). The predicted octanol–water partition coefficient (Wildman–Crippen LogP) is 3.10. The summed E-state index contributed by atoms with van der Waals surface area (Å²) in [4.78, 5) is 12.6. The molecular weight excluding hydrogens is 322 g/mol. The van der Waals surface area contributed by atoms with Gasteiger partial charge in [-0.15, -0.1) is 0 Å². The van der Waals surface area contributed by atoms with E-state index in [4.69, 9.17) is 4.74 Å². The van der Waals surface area contributed by atoms with Gasteiger partial charge in [0.05, 0.1) is 18.8 Å². The number of ether oxygens (including phenoxy) is 1. The third-order valence-electron chi connectivity index (χ3n) is 5.70. The summed E-state index contributed by atoms with van der Waals surface area (Å²) in [6, 6.07) is 7.35. The number of aliphatic hydroxyl groups excluding tert-OH is 1. The lowest BCUT2D eigenvalue weighted by atomic mass is 9.65. The average molecular weight is 349 g/mol. The molecule has 2 aliphatic rings. The number of hydrogen-bond donors (Lipinski definition) is 2. The van der Waals surface area contributed by atoms with Crippen molar-refractivity contribution in [3.63, 3.8) is 0 Å². The van der Waals surface area contributed by atoms with Gasteiger partial charge < -0.3 is 15.2 Å². The lowest BCUT2D eigenvalue weighted by Gasteiger charge is -2.43. The standard InChI is InChI=1S/C19H27NO3S/c1-23-17-5-3-2-4-16(17)18(22)20-13-19(14-8-11-24-12-14)9-6-15(21)7-10-19/h2-5,14-15,21H,6-13H2,1H3,(H,20,22). The molecule has 1 aromatic rings. The second-order valence-electron chi connectivity index (χ2n) is 7.04. The number of thioether (sulfide) groups is 1. The highest BCUT2D eigenvalue weighted by Crippen LogP contribution is 2.47. The molecule has 2 N–H and O–H groups in total. The van der Waals surface area contributed by atoms with Gasteiger partial charge in [0.25, 0.3) is 5.91 Å². The first kappa shape index (κ1) is 17.6. The Morgan fingerprint density at radius 3 is 2.75 bits per heavy atom. The van der Waals surface area contributed by atoms with Crippen LogP contribution in [0.5, 0.6) is 5.75 Å². The molecule has 1 heterocycles. The van der Waals surface area contributed by atoms with Gasteiger partial charge in [0.2, 0.25) is 0 Å². The molecule has 1 aliphatic carbocycles. The number of para-hydroxylation sites is 1. The van der Waals surface area contributed by atoms with Crippen LogP contribution < -0.4 is 10.1 Å². The number of hydrogen-bond acceptors (Lipinski definition) is 4. The van der Waals surface area contributed by atoms with Crippen molar-refractivity contribution in [3.8, 4) is 5.75 Å². The maximum Gasteiger partial charge on any atom is 0.255 e. The second-order valence-corrected chi connectivity index (χ2v) is 8.19. The lowest BCUT2D eigenvalue weighted by molar-refractivity contribution is 0.0311. The van der Waals surface area contributed by atoms with Crippen LogP contribution in [-0.4, -0.2) is 42.3 Å². The highest BCUT2D eigenvalue weighted by molar-refractivity contribution is 7.99. The number of aliphatic hydroxyl groups is 1. The molecule has 2 fully saturated rings. The van der Waals surface area contributed by atoms with Crippen molar-refractivity contribution in [3.05, 3.63) is 29.8 Å². The van der Waals surface area contributed by atoms with Crippen molar-refractivity contribution in [2.75, 3.05) is 25.2 Å². The third-order valence-corrected chi connectivity index (χ3v) is 6.86. The molecule has 4 nitrogen and oxygen atoms in total. The molecule has 132 valence electrons. The van der Waals surface area contributed by atoms with Crippen LogP contribution in [0.15, 0.2) is 24.3 Å². The number of benzene rings is 1. The van der Waals surface area contributed by atoms with Gasteiger partial charge in [-0.1, -0.05) is 12.1 Å². The van der Waals surface area contributed by atoms with E-state index in [0.29, 0.717) is 23.8 Å². The average Bonchev–Trinajstić information content (AvgIpc) is 3.16. The molecule has 0 spiro atoms. The Labute approximate surface area is 148 Å². The minimum Gasteiger partial charge on any atom is -0.496 e. The fourth-order valence-electron chi connectivity index (χ4n) is 4.11. The molecule has 5 heteroatoms. The summed E-state index contributed by atoms with van der Waals surface area (Å²) < 4.78 is 5.30. The van der Waals surface area contributed by atoms with Gasteiger partial charge in [0, 0.05) is 6.54 Å². The Morgan fingerprint density at radius 2 is 2.08 bits per heavy atom. The Kier molecular flexibility index (Phi) is 5.72. The zero-order chi connectivity index (χ0) is 17.0. The van der Waals surface area contributed by atoms with E-state index in [2.05, 4.69) is 5.32 Å². The summed E-state index contributed by atoms with van der Waals surface area (Å²) in [7, 11) is 1.59.